The number of allylic oxidation sites excluding steroid dienone is 2. The van der Waals surface area contributed by atoms with Gasteiger partial charge in [-0.05, 0) is 69.1 Å². The molecule has 43 heavy (non-hydrogen) atoms. The van der Waals surface area contributed by atoms with Gasteiger partial charge >= 0.3 is 0 Å². The smallest absolute Gasteiger partial charge is 0.279 e. The molecule has 1 aliphatic heterocycles. The van der Waals surface area contributed by atoms with Crippen LogP contribution in [-0.4, -0.2) is 0 Å². The molecule has 0 bridgehead atoms. The Kier molecular flexibility index (Phi) is 6.26. The van der Waals surface area contributed by atoms with Crippen molar-refractivity contribution in [3.05, 3.63) is 156 Å². The molecule has 0 saturated heterocycles. The van der Waals surface area contributed by atoms with E-state index in [4.69, 9.17) is 6.57 Å². The van der Waals surface area contributed by atoms with Crippen molar-refractivity contribution < 1.29 is 0 Å². The molecule has 0 atom stereocenters. The Morgan fingerprint density at radius 1 is 0.581 bits per heavy atom. The van der Waals surface area contributed by atoms with Gasteiger partial charge in [0.1, 0.15) is 0 Å². The highest BCUT2D eigenvalue weighted by Crippen LogP contribution is 2.52. The monoisotopic (exact) mass is 546 g/mol. The van der Waals surface area contributed by atoms with Crippen LogP contribution in [0.4, 0.5) is 17.1 Å². The summed E-state index contributed by atoms with van der Waals surface area (Å²) >= 11 is 0. The number of hydrogen-bond donors (Lipinski definition) is 0. The minimum absolute atomic E-state index is 0.0868. The summed E-state index contributed by atoms with van der Waals surface area (Å²) in [6.07, 6.45) is 0. The predicted octanol–water partition coefficient (Wildman–Crippen LogP) is 10.3. The first-order valence-electron chi connectivity index (χ1n) is 13.9. The number of nitriles is 2. The number of nitrogens with zero attached hydrogens (tertiary/aromatic N) is 4. The highest BCUT2D eigenvalue weighted by Gasteiger charge is 2.28. The van der Waals surface area contributed by atoms with Crippen LogP contribution in [0, 0.1) is 29.2 Å². The van der Waals surface area contributed by atoms with E-state index in [0.717, 1.165) is 61.2 Å². The van der Waals surface area contributed by atoms with Crippen LogP contribution in [0.25, 0.3) is 54.6 Å². The fraction of sp³-hybridized carbons (Fsp3) is 0. The lowest BCUT2D eigenvalue weighted by Crippen LogP contribution is -2.15. The molecular weight excluding hydrogens is 524 g/mol. The third kappa shape index (κ3) is 4.22. The van der Waals surface area contributed by atoms with Crippen LogP contribution in [0.2, 0.25) is 0 Å². The van der Waals surface area contributed by atoms with Crippen molar-refractivity contribution in [3.63, 3.8) is 0 Å². The van der Waals surface area contributed by atoms with Crippen LogP contribution in [0.15, 0.2) is 139 Å². The molecule has 0 spiro atoms. The first-order valence-corrected chi connectivity index (χ1v) is 13.9. The van der Waals surface area contributed by atoms with Crippen molar-refractivity contribution in [1.29, 1.82) is 10.5 Å². The molecule has 7 rings (SSSR count). The lowest BCUT2D eigenvalue weighted by atomic mass is 9.86. The number of rotatable bonds is 4. The van der Waals surface area contributed by atoms with E-state index in [0.29, 0.717) is 5.56 Å². The maximum Gasteiger partial charge on any atom is 0.279 e. The molecule has 0 fully saturated rings. The molecule has 4 heteroatoms. The Labute approximate surface area is 250 Å². The number of hydrogen-bond acceptors (Lipinski definition) is 3. The van der Waals surface area contributed by atoms with Gasteiger partial charge in [-0.2, -0.15) is 5.26 Å². The van der Waals surface area contributed by atoms with Crippen LogP contribution >= 0.6 is 0 Å². The molecule has 0 aromatic heterocycles. The maximum atomic E-state index is 10.0. The second kappa shape index (κ2) is 10.5. The Balaban J connectivity index is 1.51. The molecule has 0 saturated carbocycles. The Morgan fingerprint density at radius 3 is 1.86 bits per heavy atom. The fourth-order valence-corrected chi connectivity index (χ4v) is 5.99. The predicted molar refractivity (Wildman–Crippen MR) is 173 cm³/mol. The third-order valence-electron chi connectivity index (χ3n) is 7.96. The van der Waals surface area contributed by atoms with E-state index in [9.17, 15) is 10.5 Å². The third-order valence-corrected chi connectivity index (χ3v) is 7.96. The van der Waals surface area contributed by atoms with Crippen LogP contribution in [0.3, 0.4) is 0 Å². The second-order valence-electron chi connectivity index (χ2n) is 10.3. The summed E-state index contributed by atoms with van der Waals surface area (Å²) in [4.78, 5) is 5.61. The maximum absolute atomic E-state index is 10.0. The number of benzene rings is 6. The van der Waals surface area contributed by atoms with E-state index in [-0.39, 0.29) is 11.3 Å². The van der Waals surface area contributed by atoms with Gasteiger partial charge in [0.15, 0.2) is 0 Å². The molecule has 198 valence electrons. The van der Waals surface area contributed by atoms with Crippen LogP contribution in [0.1, 0.15) is 5.56 Å². The van der Waals surface area contributed by atoms with Crippen molar-refractivity contribution in [3.8, 4) is 45.5 Å². The Morgan fingerprint density at radius 2 is 1.21 bits per heavy atom. The molecule has 4 nitrogen and oxygen atoms in total. The zero-order valence-electron chi connectivity index (χ0n) is 23.0. The van der Waals surface area contributed by atoms with Gasteiger partial charge in [-0.15, -0.1) is 0 Å². The van der Waals surface area contributed by atoms with Crippen LogP contribution < -0.4 is 4.90 Å². The number of fused-ring (bicyclic) bond motifs is 2. The zero-order valence-corrected chi connectivity index (χ0v) is 23.0. The Hall–Kier alpha value is -6.41. The van der Waals surface area contributed by atoms with Crippen molar-refractivity contribution in [2.75, 3.05) is 4.90 Å². The van der Waals surface area contributed by atoms with E-state index >= 15 is 0 Å². The average Bonchev–Trinajstić information content (AvgIpc) is 3.08. The molecule has 6 aromatic rings. The topological polar surface area (TPSA) is 55.2 Å². The molecule has 1 aliphatic rings. The first-order chi connectivity index (χ1) is 21.2. The summed E-state index contributed by atoms with van der Waals surface area (Å²) in [6.45, 7) is 7.49. The molecule has 0 amide bonds. The molecule has 1 heterocycles. The number of anilines is 3. The van der Waals surface area contributed by atoms with Crippen molar-refractivity contribution >= 4 is 33.4 Å². The average molecular weight is 547 g/mol. The molecular formula is C39H22N4. The van der Waals surface area contributed by atoms with E-state index in [2.05, 4.69) is 88.6 Å². The van der Waals surface area contributed by atoms with E-state index in [1.807, 2.05) is 66.7 Å². The summed E-state index contributed by atoms with van der Waals surface area (Å²) in [5.41, 5.74) is 10.1. The normalized spacial score (nSPS) is 12.0. The van der Waals surface area contributed by atoms with Gasteiger partial charge in [0, 0.05) is 16.6 Å². The molecule has 0 N–H and O–H groups in total. The standard InChI is InChI=1S/C39H22N4/c1-42-36(25-41)35(24-40)31-20-22-38-39-32(31)13-8-14-33(39)34-23-29(27-11-6-3-7-12-27)17-21-37(34)43(38)30-18-15-28(16-19-30)26-9-4-2-5-10-26/h2-23H/b36-35-. The molecule has 0 aliphatic carbocycles. The minimum atomic E-state index is -0.209. The van der Waals surface area contributed by atoms with Gasteiger partial charge in [0.25, 0.3) is 5.70 Å². The largest absolute Gasteiger partial charge is 0.309 e. The van der Waals surface area contributed by atoms with Gasteiger partial charge < -0.3 is 4.90 Å². The van der Waals surface area contributed by atoms with Gasteiger partial charge in [0.05, 0.1) is 35.7 Å². The SMILES string of the molecule is [C-]#[N+]/C(C#N)=C(/C#N)c1ccc2c3c(cccc13)-c1cc(-c3ccccc3)ccc1N2c1ccc(-c2ccccc2)cc1. The van der Waals surface area contributed by atoms with E-state index in [1.165, 1.54) is 0 Å². The van der Waals surface area contributed by atoms with Gasteiger partial charge in [-0.3, -0.25) is 0 Å². The van der Waals surface area contributed by atoms with Gasteiger partial charge in [-0.1, -0.05) is 103 Å². The summed E-state index contributed by atoms with van der Waals surface area (Å²) in [5, 5.41) is 21.4. The lowest BCUT2D eigenvalue weighted by Gasteiger charge is -2.34. The highest BCUT2D eigenvalue weighted by molar-refractivity contribution is 6.17. The second-order valence-corrected chi connectivity index (χ2v) is 10.3. The fourth-order valence-electron chi connectivity index (χ4n) is 5.99. The molecule has 0 unspecified atom stereocenters. The minimum Gasteiger partial charge on any atom is -0.309 e. The zero-order chi connectivity index (χ0) is 29.3. The quantitative estimate of drug-likeness (QED) is 0.163. The lowest BCUT2D eigenvalue weighted by molar-refractivity contribution is 1.28. The summed E-state index contributed by atoms with van der Waals surface area (Å²) in [6, 6.07) is 49.7. The van der Waals surface area contributed by atoms with Gasteiger partial charge in [0.2, 0.25) is 0 Å². The van der Waals surface area contributed by atoms with Crippen molar-refractivity contribution in [2.45, 2.75) is 0 Å². The highest BCUT2D eigenvalue weighted by atomic mass is 15.2. The van der Waals surface area contributed by atoms with E-state index < -0.39 is 0 Å². The summed E-state index contributed by atoms with van der Waals surface area (Å²) < 4.78 is 0. The molecule has 6 aromatic carbocycles. The molecule has 0 radical (unpaired) electrons. The van der Waals surface area contributed by atoms with Crippen LogP contribution in [-0.2, 0) is 0 Å². The van der Waals surface area contributed by atoms with Crippen LogP contribution in [0.5, 0.6) is 0 Å². The summed E-state index contributed by atoms with van der Waals surface area (Å²) in [5.74, 6) is 0. The van der Waals surface area contributed by atoms with Crippen molar-refractivity contribution in [1.82, 2.24) is 0 Å². The summed E-state index contributed by atoms with van der Waals surface area (Å²) in [7, 11) is 0. The Bertz CT molecular complexity index is 2180. The van der Waals surface area contributed by atoms with Gasteiger partial charge in [-0.25, -0.2) is 10.1 Å². The first kappa shape index (κ1) is 25.6. The van der Waals surface area contributed by atoms with Crippen molar-refractivity contribution in [2.24, 2.45) is 0 Å². The van der Waals surface area contributed by atoms with E-state index in [1.54, 1.807) is 0 Å².